The van der Waals surface area contributed by atoms with Crippen LogP contribution in [0.4, 0.5) is 0 Å². The van der Waals surface area contributed by atoms with Crippen LogP contribution in [0.15, 0.2) is 0 Å². The molecule has 2 N–H and O–H groups in total. The summed E-state index contributed by atoms with van der Waals surface area (Å²) in [5, 5.41) is 0. The maximum atomic E-state index is 6.28. The van der Waals surface area contributed by atoms with E-state index in [1.165, 1.54) is 32.1 Å². The van der Waals surface area contributed by atoms with E-state index in [-0.39, 0.29) is 5.54 Å². The van der Waals surface area contributed by atoms with Crippen LogP contribution in [0.5, 0.6) is 0 Å². The molecule has 12 heavy (non-hydrogen) atoms. The Hall–Kier alpha value is -0.0400. The molecule has 0 saturated heterocycles. The van der Waals surface area contributed by atoms with E-state index in [9.17, 15) is 0 Å². The van der Waals surface area contributed by atoms with Crippen LogP contribution in [0.2, 0.25) is 0 Å². The molecule has 0 heterocycles. The van der Waals surface area contributed by atoms with Crippen LogP contribution in [0.1, 0.15) is 46.0 Å². The molecule has 1 nitrogen and oxygen atoms in total. The van der Waals surface area contributed by atoms with Crippen molar-refractivity contribution >= 4 is 0 Å². The summed E-state index contributed by atoms with van der Waals surface area (Å²) in [6.07, 6.45) is 6.84. The van der Waals surface area contributed by atoms with Gasteiger partial charge in [0.1, 0.15) is 0 Å². The van der Waals surface area contributed by atoms with E-state index in [1.54, 1.807) is 0 Å². The van der Waals surface area contributed by atoms with Gasteiger partial charge in [-0.15, -0.1) is 0 Å². The van der Waals surface area contributed by atoms with Gasteiger partial charge in [-0.25, -0.2) is 0 Å². The minimum atomic E-state index is 0.283. The summed E-state index contributed by atoms with van der Waals surface area (Å²) < 4.78 is 0. The molecule has 0 bridgehead atoms. The first kappa shape index (κ1) is 8.55. The number of rotatable bonds is 4. The zero-order valence-corrected chi connectivity index (χ0v) is 8.34. The van der Waals surface area contributed by atoms with Gasteiger partial charge >= 0.3 is 0 Å². The second kappa shape index (κ2) is 2.73. The Labute approximate surface area is 75.7 Å². The molecule has 0 aliphatic heterocycles. The standard InChI is InChI=1S/C11H21N/c1-8(2)5-6-11(12)7-10(11)9-3-4-9/h8-10H,3-7,12H2,1-2H3. The van der Waals surface area contributed by atoms with E-state index < -0.39 is 0 Å². The molecule has 70 valence electrons. The Kier molecular flexibility index (Phi) is 1.95. The van der Waals surface area contributed by atoms with Crippen molar-refractivity contribution in [1.82, 2.24) is 0 Å². The van der Waals surface area contributed by atoms with Gasteiger partial charge in [0.25, 0.3) is 0 Å². The van der Waals surface area contributed by atoms with Gasteiger partial charge < -0.3 is 5.73 Å². The van der Waals surface area contributed by atoms with Crippen LogP contribution >= 0.6 is 0 Å². The van der Waals surface area contributed by atoms with E-state index in [0.29, 0.717) is 0 Å². The van der Waals surface area contributed by atoms with Gasteiger partial charge in [-0.05, 0) is 49.9 Å². The first-order valence-corrected chi connectivity index (χ1v) is 5.41. The molecule has 2 unspecified atom stereocenters. The van der Waals surface area contributed by atoms with Crippen molar-refractivity contribution in [3.8, 4) is 0 Å². The first-order valence-electron chi connectivity index (χ1n) is 5.41. The highest BCUT2D eigenvalue weighted by atomic mass is 14.9. The molecular weight excluding hydrogens is 146 g/mol. The molecule has 2 saturated carbocycles. The lowest BCUT2D eigenvalue weighted by atomic mass is 10.00. The molecular formula is C11H21N. The Morgan fingerprint density at radius 1 is 1.42 bits per heavy atom. The van der Waals surface area contributed by atoms with Gasteiger partial charge in [0, 0.05) is 5.54 Å². The summed E-state index contributed by atoms with van der Waals surface area (Å²) >= 11 is 0. The van der Waals surface area contributed by atoms with Gasteiger partial charge in [-0.3, -0.25) is 0 Å². The van der Waals surface area contributed by atoms with E-state index in [2.05, 4.69) is 13.8 Å². The highest BCUT2D eigenvalue weighted by Crippen LogP contribution is 2.57. The van der Waals surface area contributed by atoms with Gasteiger partial charge in [-0.2, -0.15) is 0 Å². The van der Waals surface area contributed by atoms with Crippen molar-refractivity contribution in [2.75, 3.05) is 0 Å². The third-order valence-corrected chi connectivity index (χ3v) is 3.56. The highest BCUT2D eigenvalue weighted by molar-refractivity contribution is 5.12. The average molecular weight is 167 g/mol. The molecule has 0 aromatic heterocycles. The monoisotopic (exact) mass is 167 g/mol. The van der Waals surface area contributed by atoms with Crippen LogP contribution in [0.25, 0.3) is 0 Å². The zero-order chi connectivity index (χ0) is 8.77. The Bertz CT molecular complexity index is 172. The minimum Gasteiger partial charge on any atom is -0.325 e. The number of hydrogen-bond donors (Lipinski definition) is 1. The predicted molar refractivity (Wildman–Crippen MR) is 51.8 cm³/mol. The fraction of sp³-hybridized carbons (Fsp3) is 1.00. The number of nitrogens with two attached hydrogens (primary N) is 1. The SMILES string of the molecule is CC(C)CCC1(N)CC1C1CC1. The average Bonchev–Trinajstić information content (AvgIpc) is 2.78. The van der Waals surface area contributed by atoms with E-state index in [4.69, 9.17) is 5.73 Å². The third-order valence-electron chi connectivity index (χ3n) is 3.56. The van der Waals surface area contributed by atoms with Crippen LogP contribution in [-0.2, 0) is 0 Å². The largest absolute Gasteiger partial charge is 0.325 e. The van der Waals surface area contributed by atoms with E-state index in [0.717, 1.165) is 17.8 Å². The molecule has 0 amide bonds. The zero-order valence-electron chi connectivity index (χ0n) is 8.34. The highest BCUT2D eigenvalue weighted by Gasteiger charge is 2.56. The summed E-state index contributed by atoms with van der Waals surface area (Å²) in [5.41, 5.74) is 6.56. The lowest BCUT2D eigenvalue weighted by Gasteiger charge is -2.12. The summed E-state index contributed by atoms with van der Waals surface area (Å²) in [6.45, 7) is 4.58. The molecule has 2 rings (SSSR count). The second-order valence-electron chi connectivity index (χ2n) is 5.31. The van der Waals surface area contributed by atoms with E-state index >= 15 is 0 Å². The smallest absolute Gasteiger partial charge is 0.0189 e. The molecule has 2 aliphatic carbocycles. The van der Waals surface area contributed by atoms with Crippen molar-refractivity contribution in [1.29, 1.82) is 0 Å². The van der Waals surface area contributed by atoms with Gasteiger partial charge in [-0.1, -0.05) is 13.8 Å². The minimum absolute atomic E-state index is 0.283. The van der Waals surface area contributed by atoms with Crippen molar-refractivity contribution < 1.29 is 0 Å². The molecule has 0 aromatic rings. The molecule has 2 atom stereocenters. The lowest BCUT2D eigenvalue weighted by molar-refractivity contribution is 0.448. The Balaban J connectivity index is 1.73. The van der Waals surface area contributed by atoms with Crippen molar-refractivity contribution in [2.24, 2.45) is 23.5 Å². The first-order chi connectivity index (χ1) is 5.62. The normalized spacial score (nSPS) is 40.5. The summed E-state index contributed by atoms with van der Waals surface area (Å²) in [4.78, 5) is 0. The summed E-state index contributed by atoms with van der Waals surface area (Å²) in [7, 11) is 0. The van der Waals surface area contributed by atoms with Gasteiger partial charge in [0.2, 0.25) is 0 Å². The fourth-order valence-corrected chi connectivity index (χ4v) is 2.33. The van der Waals surface area contributed by atoms with Crippen molar-refractivity contribution in [3.63, 3.8) is 0 Å². The van der Waals surface area contributed by atoms with Crippen molar-refractivity contribution in [3.05, 3.63) is 0 Å². The third kappa shape index (κ3) is 1.66. The maximum absolute atomic E-state index is 6.28. The molecule has 0 spiro atoms. The lowest BCUT2D eigenvalue weighted by Crippen LogP contribution is -2.26. The molecule has 1 heteroatoms. The fourth-order valence-electron chi connectivity index (χ4n) is 2.33. The topological polar surface area (TPSA) is 26.0 Å². The molecule has 0 radical (unpaired) electrons. The Morgan fingerprint density at radius 2 is 2.08 bits per heavy atom. The van der Waals surface area contributed by atoms with Gasteiger partial charge in [0.05, 0.1) is 0 Å². The van der Waals surface area contributed by atoms with Crippen LogP contribution < -0.4 is 5.73 Å². The number of hydrogen-bond acceptors (Lipinski definition) is 1. The Morgan fingerprint density at radius 3 is 2.58 bits per heavy atom. The van der Waals surface area contributed by atoms with Crippen LogP contribution in [-0.4, -0.2) is 5.54 Å². The summed E-state index contributed by atoms with van der Waals surface area (Å²) in [5.74, 6) is 2.77. The second-order valence-corrected chi connectivity index (χ2v) is 5.31. The summed E-state index contributed by atoms with van der Waals surface area (Å²) in [6, 6.07) is 0. The predicted octanol–water partition coefficient (Wildman–Crippen LogP) is 2.55. The van der Waals surface area contributed by atoms with Crippen molar-refractivity contribution in [2.45, 2.75) is 51.5 Å². The molecule has 2 fully saturated rings. The van der Waals surface area contributed by atoms with E-state index in [1.807, 2.05) is 0 Å². The van der Waals surface area contributed by atoms with Crippen LogP contribution in [0, 0.1) is 17.8 Å². The van der Waals surface area contributed by atoms with Gasteiger partial charge in [0.15, 0.2) is 0 Å². The molecule has 0 aromatic carbocycles. The molecule has 2 aliphatic rings. The maximum Gasteiger partial charge on any atom is 0.0189 e. The quantitative estimate of drug-likeness (QED) is 0.684. The van der Waals surface area contributed by atoms with Crippen LogP contribution in [0.3, 0.4) is 0 Å².